The van der Waals surface area contributed by atoms with Crippen LogP contribution in [0.25, 0.3) is 0 Å². The Kier molecular flexibility index (Phi) is 19.2. The highest BCUT2D eigenvalue weighted by molar-refractivity contribution is 7.85. The number of unbranched alkanes of at least 4 members (excludes halogenated alkanes) is 16. The van der Waals surface area contributed by atoms with Crippen LogP contribution in [0.3, 0.4) is 0 Å². The van der Waals surface area contributed by atoms with E-state index in [1.165, 1.54) is 88.2 Å². The van der Waals surface area contributed by atoms with Crippen LogP contribution in [0, 0.1) is 30.6 Å². The third-order valence-electron chi connectivity index (χ3n) is 6.45. The first-order valence-electron chi connectivity index (χ1n) is 13.9. The van der Waals surface area contributed by atoms with Gasteiger partial charge in [-0.2, -0.15) is 8.42 Å². The van der Waals surface area contributed by atoms with E-state index in [4.69, 9.17) is 4.55 Å². The lowest BCUT2D eigenvalue weighted by atomic mass is 10.0. The summed E-state index contributed by atoms with van der Waals surface area (Å²) in [6.07, 6.45) is 22.0. The van der Waals surface area contributed by atoms with Crippen molar-refractivity contribution in [3.63, 3.8) is 0 Å². The second kappa shape index (κ2) is 21.5. The largest absolute Gasteiger partial charge is 0.286 e. The van der Waals surface area contributed by atoms with Gasteiger partial charge in [-0.05, 0) is 62.0 Å². The van der Waals surface area contributed by atoms with Gasteiger partial charge < -0.3 is 0 Å². The molecule has 0 heterocycles. The van der Waals surface area contributed by atoms with Gasteiger partial charge in [0.15, 0.2) is 0 Å². The minimum Gasteiger partial charge on any atom is -0.286 e. The molecule has 1 aromatic carbocycles. The first-order valence-corrected chi connectivity index (χ1v) is 15.6. The summed E-state index contributed by atoms with van der Waals surface area (Å²) in [5.74, 6) is 12.2. The normalized spacial score (nSPS) is 10.9. The van der Waals surface area contributed by atoms with Gasteiger partial charge in [-0.25, -0.2) is 0 Å². The van der Waals surface area contributed by atoms with Crippen LogP contribution in [0.4, 0.5) is 0 Å². The topological polar surface area (TPSA) is 54.4 Å². The second-order valence-corrected chi connectivity index (χ2v) is 11.3. The van der Waals surface area contributed by atoms with Crippen LogP contribution in [0.5, 0.6) is 0 Å². The molecule has 0 bridgehead atoms. The van der Waals surface area contributed by atoms with Gasteiger partial charge in [-0.1, -0.05) is 113 Å². The monoisotopic (exact) mass is 500 g/mol. The van der Waals surface area contributed by atoms with Crippen LogP contribution >= 0.6 is 0 Å². The van der Waals surface area contributed by atoms with Gasteiger partial charge in [0.1, 0.15) is 0 Å². The smallest absolute Gasteiger partial charge is 0.264 e. The molecule has 0 unspecified atom stereocenters. The third-order valence-corrected chi connectivity index (χ3v) is 7.26. The molecule has 0 aliphatic carbocycles. The molecule has 0 saturated carbocycles. The van der Waals surface area contributed by atoms with E-state index < -0.39 is 10.1 Å². The average Bonchev–Trinajstić information content (AvgIpc) is 2.82. The summed E-state index contributed by atoms with van der Waals surface area (Å²) in [6, 6.07) is 8.75. The SMILES string of the molecule is Cc1ccccc1CCCCCCCCCCC#CC#CCCCCCCCCCCS(=O)(=O)O. The molecule has 0 fully saturated rings. The van der Waals surface area contributed by atoms with Crippen molar-refractivity contribution in [3.05, 3.63) is 35.4 Å². The lowest BCUT2D eigenvalue weighted by molar-refractivity contribution is 0.478. The van der Waals surface area contributed by atoms with E-state index in [1.807, 2.05) is 0 Å². The van der Waals surface area contributed by atoms with Gasteiger partial charge in [0.25, 0.3) is 10.1 Å². The summed E-state index contributed by atoms with van der Waals surface area (Å²) in [6.45, 7) is 2.21. The maximum atomic E-state index is 10.6. The zero-order chi connectivity index (χ0) is 25.5. The van der Waals surface area contributed by atoms with E-state index in [-0.39, 0.29) is 5.75 Å². The summed E-state index contributed by atoms with van der Waals surface area (Å²) < 4.78 is 29.9. The molecule has 0 aliphatic rings. The second-order valence-electron chi connectivity index (χ2n) is 9.72. The molecule has 4 heteroatoms. The highest BCUT2D eigenvalue weighted by atomic mass is 32.2. The lowest BCUT2D eigenvalue weighted by Gasteiger charge is -2.05. The zero-order valence-electron chi connectivity index (χ0n) is 22.1. The lowest BCUT2D eigenvalue weighted by Crippen LogP contribution is -2.03. The highest BCUT2D eigenvalue weighted by Crippen LogP contribution is 2.14. The summed E-state index contributed by atoms with van der Waals surface area (Å²) in [4.78, 5) is 0. The summed E-state index contributed by atoms with van der Waals surface area (Å²) in [5.41, 5.74) is 2.94. The van der Waals surface area contributed by atoms with Crippen molar-refractivity contribution in [2.45, 2.75) is 129 Å². The van der Waals surface area contributed by atoms with Crippen molar-refractivity contribution in [2.24, 2.45) is 0 Å². The van der Waals surface area contributed by atoms with Gasteiger partial charge >= 0.3 is 0 Å². The number of rotatable bonds is 20. The van der Waals surface area contributed by atoms with Crippen molar-refractivity contribution in [3.8, 4) is 23.7 Å². The van der Waals surface area contributed by atoms with E-state index in [0.717, 1.165) is 38.5 Å². The summed E-state index contributed by atoms with van der Waals surface area (Å²) >= 11 is 0. The predicted octanol–water partition coefficient (Wildman–Crippen LogP) is 8.45. The maximum absolute atomic E-state index is 10.6. The van der Waals surface area contributed by atoms with Crippen molar-refractivity contribution in [1.82, 2.24) is 0 Å². The molecule has 1 aromatic rings. The van der Waals surface area contributed by atoms with Crippen molar-refractivity contribution in [1.29, 1.82) is 0 Å². The Bertz CT molecular complexity index is 881. The number of hydrogen-bond donors (Lipinski definition) is 1. The van der Waals surface area contributed by atoms with Crippen LogP contribution < -0.4 is 0 Å². The standard InChI is InChI=1S/C31H48O3S/c1-30-26-23-24-28-31(30)27-22-20-18-16-14-12-10-8-6-4-2-3-5-7-9-11-13-15-17-19-21-25-29-35(32,33)34/h23-24,26,28H,6-22,25,27,29H2,1H3,(H,32,33,34). The molecular weight excluding hydrogens is 452 g/mol. The number of hydrogen-bond acceptors (Lipinski definition) is 2. The Labute approximate surface area is 216 Å². The quantitative estimate of drug-likeness (QED) is 0.111. The molecule has 0 aliphatic heterocycles. The Hall–Kier alpha value is -1.75. The summed E-state index contributed by atoms with van der Waals surface area (Å²) in [7, 11) is -3.78. The average molecular weight is 501 g/mol. The van der Waals surface area contributed by atoms with Gasteiger partial charge in [-0.3, -0.25) is 4.55 Å². The van der Waals surface area contributed by atoms with Crippen molar-refractivity contribution < 1.29 is 13.0 Å². The Morgan fingerprint density at radius 1 is 0.629 bits per heavy atom. The first kappa shape index (κ1) is 31.3. The van der Waals surface area contributed by atoms with Gasteiger partial charge in [0.05, 0.1) is 5.75 Å². The number of benzene rings is 1. The van der Waals surface area contributed by atoms with E-state index in [0.29, 0.717) is 6.42 Å². The van der Waals surface area contributed by atoms with Crippen LogP contribution in [-0.4, -0.2) is 18.7 Å². The zero-order valence-corrected chi connectivity index (χ0v) is 22.9. The fourth-order valence-corrected chi connectivity index (χ4v) is 4.82. The summed E-state index contributed by atoms with van der Waals surface area (Å²) in [5, 5.41) is 0. The predicted molar refractivity (Wildman–Crippen MR) is 150 cm³/mol. The molecule has 1 N–H and O–H groups in total. The number of aryl methyl sites for hydroxylation is 2. The van der Waals surface area contributed by atoms with Gasteiger partial charge in [-0.15, -0.1) is 0 Å². The molecule has 3 nitrogen and oxygen atoms in total. The molecule has 35 heavy (non-hydrogen) atoms. The Balaban J connectivity index is 1.80. The van der Waals surface area contributed by atoms with Crippen molar-refractivity contribution >= 4 is 10.1 Å². The highest BCUT2D eigenvalue weighted by Gasteiger charge is 2.02. The van der Waals surface area contributed by atoms with Crippen LogP contribution in [0.2, 0.25) is 0 Å². The van der Waals surface area contributed by atoms with E-state index in [9.17, 15) is 8.42 Å². The van der Waals surface area contributed by atoms with E-state index in [1.54, 1.807) is 0 Å². The molecule has 1 rings (SSSR count). The van der Waals surface area contributed by atoms with Crippen LogP contribution in [0.1, 0.15) is 127 Å². The molecule has 0 amide bonds. The molecule has 196 valence electrons. The molecule has 0 atom stereocenters. The third kappa shape index (κ3) is 21.3. The van der Waals surface area contributed by atoms with E-state index >= 15 is 0 Å². The maximum Gasteiger partial charge on any atom is 0.264 e. The van der Waals surface area contributed by atoms with Gasteiger partial charge in [0.2, 0.25) is 0 Å². The van der Waals surface area contributed by atoms with Crippen molar-refractivity contribution in [2.75, 3.05) is 5.75 Å². The van der Waals surface area contributed by atoms with Crippen LogP contribution in [-0.2, 0) is 16.5 Å². The van der Waals surface area contributed by atoms with Gasteiger partial charge in [0, 0.05) is 12.8 Å². The fourth-order valence-electron chi connectivity index (χ4n) is 4.25. The Morgan fingerprint density at radius 2 is 1.06 bits per heavy atom. The first-order chi connectivity index (χ1) is 17.0. The molecule has 0 radical (unpaired) electrons. The molecule has 0 aromatic heterocycles. The Morgan fingerprint density at radius 3 is 1.54 bits per heavy atom. The fraction of sp³-hybridized carbons (Fsp3) is 0.677. The molecular formula is C31H48O3S. The van der Waals surface area contributed by atoms with Crippen LogP contribution in [0.15, 0.2) is 24.3 Å². The van der Waals surface area contributed by atoms with E-state index in [2.05, 4.69) is 54.9 Å². The molecule has 0 spiro atoms. The minimum atomic E-state index is -3.78. The minimum absolute atomic E-state index is 0.107. The molecule has 0 saturated heterocycles.